The number of carbonyl (C=O) groups excluding carboxylic acids is 1. The third-order valence-corrected chi connectivity index (χ3v) is 6.47. The second kappa shape index (κ2) is 10.2. The molecule has 0 spiro atoms. The highest BCUT2D eigenvalue weighted by molar-refractivity contribution is 9.10. The largest absolute Gasteiger partial charge is 0.493 e. The number of carbonyl (C=O) groups is 1. The fourth-order valence-corrected chi connectivity index (χ4v) is 4.02. The smallest absolute Gasteiger partial charge is 0.363 e. The van der Waals surface area contributed by atoms with Gasteiger partial charge < -0.3 is 14.2 Å². The molecule has 0 atom stereocenters. The van der Waals surface area contributed by atoms with Crippen LogP contribution in [0.5, 0.6) is 11.5 Å². The summed E-state index contributed by atoms with van der Waals surface area (Å²) in [6, 6.07) is 15.9. The van der Waals surface area contributed by atoms with Crippen molar-refractivity contribution in [1.29, 1.82) is 0 Å². The fraction of sp³-hybridized carbons (Fsp3) is 0.0833. The lowest BCUT2D eigenvalue weighted by atomic mass is 10.1. The number of methoxy groups -OCH3 is 1. The highest BCUT2D eigenvalue weighted by Crippen LogP contribution is 2.38. The van der Waals surface area contributed by atoms with Crippen molar-refractivity contribution in [2.45, 2.75) is 6.61 Å². The van der Waals surface area contributed by atoms with Crippen molar-refractivity contribution in [3.05, 3.63) is 96.5 Å². The zero-order valence-corrected chi connectivity index (χ0v) is 20.9. The first-order valence-electron chi connectivity index (χ1n) is 9.57. The van der Waals surface area contributed by atoms with E-state index in [9.17, 15) is 4.79 Å². The third kappa shape index (κ3) is 5.36. The van der Waals surface area contributed by atoms with Gasteiger partial charge in [-0.2, -0.15) is 0 Å². The maximum atomic E-state index is 12.4. The number of rotatable bonds is 6. The van der Waals surface area contributed by atoms with Gasteiger partial charge in [-0.1, -0.05) is 68.9 Å². The summed E-state index contributed by atoms with van der Waals surface area (Å²) in [5.41, 5.74) is 2.19. The SMILES string of the molecule is COc1cc(/C=C2\N=C(c3ccc(Cl)c(Cl)c3)OC2=O)cc(Cl)c1OCc1ccccc1Br. The van der Waals surface area contributed by atoms with Crippen LogP contribution in [0.15, 0.2) is 69.8 Å². The van der Waals surface area contributed by atoms with Crippen LogP contribution in [-0.2, 0) is 16.1 Å². The molecule has 0 radical (unpaired) electrons. The summed E-state index contributed by atoms with van der Waals surface area (Å²) < 4.78 is 17.6. The Balaban J connectivity index is 1.60. The summed E-state index contributed by atoms with van der Waals surface area (Å²) in [7, 11) is 1.51. The van der Waals surface area contributed by atoms with Crippen molar-refractivity contribution in [1.82, 2.24) is 0 Å². The Morgan fingerprint density at radius 3 is 2.55 bits per heavy atom. The first-order valence-corrected chi connectivity index (χ1v) is 11.5. The number of nitrogens with zero attached hydrogens (tertiary/aromatic N) is 1. The number of hydrogen-bond donors (Lipinski definition) is 0. The first kappa shape index (κ1) is 23.6. The van der Waals surface area contributed by atoms with Crippen LogP contribution in [-0.4, -0.2) is 19.0 Å². The molecule has 33 heavy (non-hydrogen) atoms. The number of cyclic esters (lactones) is 1. The minimum absolute atomic E-state index is 0.107. The molecule has 4 rings (SSSR count). The molecular formula is C24H15BrCl3NO4. The van der Waals surface area contributed by atoms with Crippen LogP contribution >= 0.6 is 50.7 Å². The predicted octanol–water partition coefficient (Wildman–Crippen LogP) is 7.34. The zero-order valence-electron chi connectivity index (χ0n) is 17.1. The topological polar surface area (TPSA) is 57.1 Å². The number of aliphatic imine (C=N–C) groups is 1. The molecule has 5 nitrogen and oxygen atoms in total. The van der Waals surface area contributed by atoms with Gasteiger partial charge in [-0.25, -0.2) is 9.79 Å². The molecule has 0 N–H and O–H groups in total. The monoisotopic (exact) mass is 565 g/mol. The van der Waals surface area contributed by atoms with E-state index in [0.717, 1.165) is 10.0 Å². The molecule has 0 saturated heterocycles. The summed E-state index contributed by atoms with van der Waals surface area (Å²) >= 11 is 22.0. The van der Waals surface area contributed by atoms with E-state index in [2.05, 4.69) is 20.9 Å². The summed E-state index contributed by atoms with van der Waals surface area (Å²) in [6.07, 6.45) is 1.55. The van der Waals surface area contributed by atoms with Crippen molar-refractivity contribution in [2.75, 3.05) is 7.11 Å². The van der Waals surface area contributed by atoms with Gasteiger partial charge in [0.25, 0.3) is 0 Å². The van der Waals surface area contributed by atoms with Gasteiger partial charge in [-0.3, -0.25) is 0 Å². The Morgan fingerprint density at radius 2 is 1.82 bits per heavy atom. The third-order valence-electron chi connectivity index (χ3n) is 4.67. The van der Waals surface area contributed by atoms with E-state index in [-0.39, 0.29) is 11.6 Å². The van der Waals surface area contributed by atoms with Gasteiger partial charge in [0.05, 0.1) is 22.2 Å². The quantitative estimate of drug-likeness (QED) is 0.231. The normalized spacial score (nSPS) is 14.3. The molecule has 0 fully saturated rings. The minimum atomic E-state index is -0.597. The van der Waals surface area contributed by atoms with Crippen molar-refractivity contribution in [3.8, 4) is 11.5 Å². The Morgan fingerprint density at radius 1 is 1.03 bits per heavy atom. The fourth-order valence-electron chi connectivity index (χ4n) is 3.05. The lowest BCUT2D eigenvalue weighted by molar-refractivity contribution is -0.129. The van der Waals surface area contributed by atoms with Crippen LogP contribution in [0.3, 0.4) is 0 Å². The van der Waals surface area contributed by atoms with E-state index in [1.54, 1.807) is 36.4 Å². The molecule has 1 aliphatic heterocycles. The summed E-state index contributed by atoms with van der Waals surface area (Å²) in [5.74, 6) is 0.351. The van der Waals surface area contributed by atoms with Gasteiger partial charge in [-0.05, 0) is 48.0 Å². The Kier molecular flexibility index (Phi) is 7.29. The van der Waals surface area contributed by atoms with Crippen LogP contribution in [0.2, 0.25) is 15.1 Å². The maximum Gasteiger partial charge on any atom is 0.363 e. The molecule has 0 unspecified atom stereocenters. The number of esters is 1. The first-order chi connectivity index (χ1) is 15.9. The zero-order chi connectivity index (χ0) is 23.5. The van der Waals surface area contributed by atoms with E-state index in [1.165, 1.54) is 7.11 Å². The van der Waals surface area contributed by atoms with Gasteiger partial charge in [0.2, 0.25) is 5.90 Å². The lowest BCUT2D eigenvalue weighted by Crippen LogP contribution is -2.05. The number of ether oxygens (including phenoxy) is 3. The molecule has 0 saturated carbocycles. The van der Waals surface area contributed by atoms with E-state index < -0.39 is 5.97 Å². The van der Waals surface area contributed by atoms with Gasteiger partial charge >= 0.3 is 5.97 Å². The molecule has 9 heteroatoms. The number of halogens is 4. The highest BCUT2D eigenvalue weighted by Gasteiger charge is 2.25. The molecule has 3 aromatic carbocycles. The highest BCUT2D eigenvalue weighted by atomic mass is 79.9. The van der Waals surface area contributed by atoms with E-state index >= 15 is 0 Å². The van der Waals surface area contributed by atoms with Crippen LogP contribution in [0.4, 0.5) is 0 Å². The van der Waals surface area contributed by atoms with Crippen molar-refractivity contribution >= 4 is 68.7 Å². The Bertz CT molecular complexity index is 1310. The molecule has 3 aromatic rings. The molecule has 1 heterocycles. The lowest BCUT2D eigenvalue weighted by Gasteiger charge is -2.14. The summed E-state index contributed by atoms with van der Waals surface area (Å²) in [6.45, 7) is 0.293. The molecule has 1 aliphatic rings. The minimum Gasteiger partial charge on any atom is -0.493 e. The van der Waals surface area contributed by atoms with E-state index in [1.807, 2.05) is 24.3 Å². The van der Waals surface area contributed by atoms with E-state index in [0.29, 0.717) is 44.3 Å². The average Bonchev–Trinajstić information content (AvgIpc) is 3.15. The standard InChI is InChI=1S/C24H15BrCl3NO4/c1-31-21-10-13(8-19(28)22(21)32-12-15-4-2-3-5-16(15)25)9-20-24(30)33-23(29-20)14-6-7-17(26)18(27)11-14/h2-11H,12H2,1H3/b20-9-. The van der Waals surface area contributed by atoms with Gasteiger partial charge in [0.15, 0.2) is 17.2 Å². The maximum absolute atomic E-state index is 12.4. The molecule has 168 valence electrons. The molecule has 0 amide bonds. The second-order valence-electron chi connectivity index (χ2n) is 6.88. The molecule has 0 bridgehead atoms. The number of benzene rings is 3. The van der Waals surface area contributed by atoms with Crippen LogP contribution in [0.25, 0.3) is 6.08 Å². The summed E-state index contributed by atoms with van der Waals surface area (Å²) in [4.78, 5) is 16.6. The second-order valence-corrected chi connectivity index (χ2v) is 8.96. The van der Waals surface area contributed by atoms with Crippen molar-refractivity contribution < 1.29 is 19.0 Å². The predicted molar refractivity (Wildman–Crippen MR) is 134 cm³/mol. The Hall–Kier alpha value is -2.51. The van der Waals surface area contributed by atoms with Crippen LogP contribution < -0.4 is 9.47 Å². The van der Waals surface area contributed by atoms with Crippen molar-refractivity contribution in [3.63, 3.8) is 0 Å². The Labute approximate surface area is 213 Å². The van der Waals surface area contributed by atoms with Gasteiger partial charge in [-0.15, -0.1) is 0 Å². The molecule has 0 aromatic heterocycles. The average molecular weight is 568 g/mol. The number of hydrogen-bond acceptors (Lipinski definition) is 5. The van der Waals surface area contributed by atoms with E-state index in [4.69, 9.17) is 49.0 Å². The van der Waals surface area contributed by atoms with Crippen LogP contribution in [0, 0.1) is 0 Å². The van der Waals surface area contributed by atoms with Gasteiger partial charge in [0, 0.05) is 15.6 Å². The molecular weight excluding hydrogens is 553 g/mol. The molecule has 0 aliphatic carbocycles. The van der Waals surface area contributed by atoms with Gasteiger partial charge in [0.1, 0.15) is 6.61 Å². The summed E-state index contributed by atoms with van der Waals surface area (Å²) in [5, 5.41) is 1.05. The van der Waals surface area contributed by atoms with Crippen molar-refractivity contribution in [2.24, 2.45) is 4.99 Å². The van der Waals surface area contributed by atoms with Crippen LogP contribution in [0.1, 0.15) is 16.7 Å².